The molecule has 0 bridgehead atoms. The van der Waals surface area contributed by atoms with Gasteiger partial charge in [-0.25, -0.2) is 0 Å². The number of fused-ring (bicyclic) bond motifs is 1. The van der Waals surface area contributed by atoms with E-state index in [1.165, 1.54) is 19.3 Å². The van der Waals surface area contributed by atoms with Crippen LogP contribution >= 0.6 is 0 Å². The van der Waals surface area contributed by atoms with Crippen molar-refractivity contribution in [3.8, 4) is 0 Å². The second-order valence-corrected chi connectivity index (χ2v) is 36.2. The molecule has 0 unspecified atom stereocenters. The van der Waals surface area contributed by atoms with Gasteiger partial charge in [-0.1, -0.05) is 0 Å². The maximum absolute atomic E-state index is 2.56. The van der Waals surface area contributed by atoms with E-state index in [-0.39, 0.29) is 0 Å². The first kappa shape index (κ1) is 14.2. The van der Waals surface area contributed by atoms with Crippen molar-refractivity contribution in [3.63, 3.8) is 0 Å². The van der Waals surface area contributed by atoms with Crippen molar-refractivity contribution in [2.45, 2.75) is 48.9 Å². The molecule has 0 saturated heterocycles. The Kier molecular flexibility index (Phi) is 3.96. The van der Waals surface area contributed by atoms with Crippen LogP contribution in [0.1, 0.15) is 17.5 Å². The molecule has 1 aliphatic carbocycles. The van der Waals surface area contributed by atoms with Gasteiger partial charge in [-0.3, -0.25) is 0 Å². The number of rotatable bonds is 2. The summed E-state index contributed by atoms with van der Waals surface area (Å²) in [6.07, 6.45) is 4.15. The SMILES string of the molecule is [CH3][Sn]([CH3])([CH3])[c]1cc[c]([Sn]([CH3])([CH3])[CH3])c2c1CCC2. The molecular formula is C15H26Sn2. The summed E-state index contributed by atoms with van der Waals surface area (Å²) in [5, 5.41) is 0. The molecule has 2 rings (SSSR count). The van der Waals surface area contributed by atoms with Gasteiger partial charge in [-0.2, -0.15) is 0 Å². The van der Waals surface area contributed by atoms with Crippen LogP contribution in [0.15, 0.2) is 12.1 Å². The van der Waals surface area contributed by atoms with Crippen LogP contribution in [0.3, 0.4) is 0 Å². The monoisotopic (exact) mass is 446 g/mol. The van der Waals surface area contributed by atoms with E-state index in [1.54, 1.807) is 11.1 Å². The molecule has 0 aromatic heterocycles. The summed E-state index contributed by atoms with van der Waals surface area (Å²) < 4.78 is 3.62. The summed E-state index contributed by atoms with van der Waals surface area (Å²) >= 11 is -3.79. The van der Waals surface area contributed by atoms with E-state index >= 15 is 0 Å². The normalized spacial score (nSPS) is 16.1. The molecule has 0 saturated carbocycles. The van der Waals surface area contributed by atoms with Gasteiger partial charge in [-0.15, -0.1) is 0 Å². The quantitative estimate of drug-likeness (QED) is 0.616. The fraction of sp³-hybridized carbons (Fsp3) is 0.600. The Hall–Kier alpha value is 0.817. The van der Waals surface area contributed by atoms with Crippen molar-refractivity contribution >= 4 is 43.9 Å². The average Bonchev–Trinajstić information content (AvgIpc) is 2.60. The van der Waals surface area contributed by atoms with Gasteiger partial charge in [0.25, 0.3) is 0 Å². The molecule has 0 fully saturated rings. The summed E-state index contributed by atoms with van der Waals surface area (Å²) in [6, 6.07) is 5.05. The third-order valence-electron chi connectivity index (χ3n) is 3.90. The van der Waals surface area contributed by atoms with E-state index in [0.717, 1.165) is 0 Å². The molecule has 1 aromatic carbocycles. The molecule has 0 N–H and O–H groups in total. The van der Waals surface area contributed by atoms with Crippen molar-refractivity contribution in [2.75, 3.05) is 0 Å². The molecular weight excluding hydrogens is 418 g/mol. The summed E-state index contributed by atoms with van der Waals surface area (Å²) in [4.78, 5) is 15.3. The standard InChI is InChI=1S/C9H8.6CH3.2Sn/c1-2-5-9-7-3-6-8(9)4-1;;;;;;;;/h1-2H,3,6-7H2;6*1H3;;. The van der Waals surface area contributed by atoms with Crippen LogP contribution in [0.2, 0.25) is 29.6 Å². The van der Waals surface area contributed by atoms with Crippen molar-refractivity contribution in [1.82, 2.24) is 0 Å². The Morgan fingerprint density at radius 2 is 1.06 bits per heavy atom. The van der Waals surface area contributed by atoms with Gasteiger partial charge in [0.15, 0.2) is 0 Å². The summed E-state index contributed by atoms with van der Waals surface area (Å²) in [7, 11) is 0. The molecule has 0 spiro atoms. The predicted octanol–water partition coefficient (Wildman–Crippen LogP) is 3.27. The third kappa shape index (κ3) is 2.88. The molecule has 0 atom stereocenters. The zero-order valence-electron chi connectivity index (χ0n) is 12.3. The van der Waals surface area contributed by atoms with Gasteiger partial charge < -0.3 is 0 Å². The molecule has 1 aromatic rings. The second kappa shape index (κ2) is 4.73. The van der Waals surface area contributed by atoms with E-state index in [4.69, 9.17) is 0 Å². The van der Waals surface area contributed by atoms with Crippen LogP contribution < -0.4 is 7.16 Å². The van der Waals surface area contributed by atoms with Crippen LogP contribution in [0.4, 0.5) is 0 Å². The fourth-order valence-corrected chi connectivity index (χ4v) is 13.2. The Morgan fingerprint density at radius 1 is 0.706 bits per heavy atom. The average molecular weight is 444 g/mol. The van der Waals surface area contributed by atoms with Gasteiger partial charge in [0.2, 0.25) is 0 Å². The molecule has 2 heteroatoms. The summed E-state index contributed by atoms with van der Waals surface area (Å²) in [6.45, 7) is 0. The predicted molar refractivity (Wildman–Crippen MR) is 84.4 cm³/mol. The van der Waals surface area contributed by atoms with E-state index in [0.29, 0.717) is 0 Å². The van der Waals surface area contributed by atoms with E-state index in [1.807, 2.05) is 7.16 Å². The van der Waals surface area contributed by atoms with E-state index in [2.05, 4.69) is 41.8 Å². The number of hydrogen-bond donors (Lipinski definition) is 0. The van der Waals surface area contributed by atoms with E-state index < -0.39 is 36.8 Å². The maximum atomic E-state index is 2.56. The van der Waals surface area contributed by atoms with Crippen molar-refractivity contribution in [2.24, 2.45) is 0 Å². The van der Waals surface area contributed by atoms with Crippen molar-refractivity contribution < 1.29 is 0 Å². The van der Waals surface area contributed by atoms with Gasteiger partial charge in [0.1, 0.15) is 0 Å². The Morgan fingerprint density at radius 3 is 1.35 bits per heavy atom. The molecule has 0 amide bonds. The molecule has 17 heavy (non-hydrogen) atoms. The van der Waals surface area contributed by atoms with Crippen LogP contribution in [0.25, 0.3) is 0 Å². The van der Waals surface area contributed by atoms with Crippen LogP contribution in [0, 0.1) is 0 Å². The third-order valence-corrected chi connectivity index (χ3v) is 15.8. The fourth-order valence-electron chi connectivity index (χ4n) is 3.11. The minimum atomic E-state index is -1.89. The molecule has 94 valence electrons. The first-order valence-corrected chi connectivity index (χ1v) is 26.8. The summed E-state index contributed by atoms with van der Waals surface area (Å²) in [5.74, 6) is 0. The summed E-state index contributed by atoms with van der Waals surface area (Å²) in [5.41, 5.74) is 3.61. The number of benzene rings is 1. The first-order chi connectivity index (χ1) is 7.71. The van der Waals surface area contributed by atoms with Gasteiger partial charge in [-0.05, 0) is 0 Å². The number of hydrogen-bond acceptors (Lipinski definition) is 0. The Balaban J connectivity index is 2.62. The van der Waals surface area contributed by atoms with Gasteiger partial charge in [0, 0.05) is 0 Å². The first-order valence-electron chi connectivity index (χ1n) is 6.87. The Bertz CT molecular complexity index is 392. The molecule has 0 heterocycles. The van der Waals surface area contributed by atoms with E-state index in [9.17, 15) is 0 Å². The second-order valence-electron chi connectivity index (χ2n) is 7.47. The topological polar surface area (TPSA) is 0 Å². The molecule has 0 nitrogen and oxygen atoms in total. The van der Waals surface area contributed by atoms with Crippen LogP contribution in [-0.4, -0.2) is 36.8 Å². The zero-order valence-corrected chi connectivity index (χ0v) is 18.0. The molecule has 0 radical (unpaired) electrons. The molecule has 0 aliphatic heterocycles. The minimum absolute atomic E-state index is 1.37. The van der Waals surface area contributed by atoms with Gasteiger partial charge in [0.05, 0.1) is 0 Å². The van der Waals surface area contributed by atoms with Crippen molar-refractivity contribution in [1.29, 1.82) is 0 Å². The Labute approximate surface area is 115 Å². The van der Waals surface area contributed by atoms with Crippen molar-refractivity contribution in [3.05, 3.63) is 23.3 Å². The zero-order chi connectivity index (χ0) is 12.8. The van der Waals surface area contributed by atoms with Crippen LogP contribution in [0.5, 0.6) is 0 Å². The molecule has 1 aliphatic rings. The van der Waals surface area contributed by atoms with Gasteiger partial charge >= 0.3 is 116 Å². The van der Waals surface area contributed by atoms with Crippen LogP contribution in [-0.2, 0) is 12.8 Å².